The van der Waals surface area contributed by atoms with E-state index in [4.69, 9.17) is 46.7 Å². The van der Waals surface area contributed by atoms with E-state index in [1.165, 1.54) is 26.7 Å². The van der Waals surface area contributed by atoms with Gasteiger partial charge in [-0.25, -0.2) is 14.6 Å². The number of anilines is 1. The van der Waals surface area contributed by atoms with E-state index in [0.29, 0.717) is 81.7 Å². The quantitative estimate of drug-likeness (QED) is 0.0579. The molecule has 10 atom stereocenters. The number of alkyl halides is 2. The van der Waals surface area contributed by atoms with Crippen LogP contribution in [0.15, 0.2) is 60.2 Å². The van der Waals surface area contributed by atoms with Gasteiger partial charge in [-0.2, -0.15) is 0 Å². The van der Waals surface area contributed by atoms with Gasteiger partial charge in [0.15, 0.2) is 6.10 Å². The number of carbonyl (C=O) groups excluding carboxylic acids is 3. The third kappa shape index (κ3) is 8.00. The normalized spacial score (nSPS) is 33.6. The van der Waals surface area contributed by atoms with Gasteiger partial charge in [-0.1, -0.05) is 55.8 Å². The topological polar surface area (TPSA) is 175 Å². The summed E-state index contributed by atoms with van der Waals surface area (Å²) in [6.07, 6.45) is 8.56. The van der Waals surface area contributed by atoms with Crippen LogP contribution in [0.3, 0.4) is 0 Å². The van der Waals surface area contributed by atoms with E-state index in [1.807, 2.05) is 37.1 Å². The van der Waals surface area contributed by atoms with Gasteiger partial charge in [0.1, 0.15) is 11.2 Å². The average molecular weight is 1040 g/mol. The van der Waals surface area contributed by atoms with E-state index in [-0.39, 0.29) is 17.9 Å². The van der Waals surface area contributed by atoms with E-state index >= 15 is 4.79 Å². The second-order valence-electron chi connectivity index (χ2n) is 20.1. The summed E-state index contributed by atoms with van der Waals surface area (Å²) in [5, 5.41) is 17.3. The molecule has 1 saturated carbocycles. The van der Waals surface area contributed by atoms with Gasteiger partial charge in [-0.05, 0) is 67.8 Å². The molecule has 386 valence electrons. The molecule has 71 heavy (non-hydrogen) atoms. The minimum Gasteiger partial charge on any atom is -0.496 e. The van der Waals surface area contributed by atoms with Gasteiger partial charge >= 0.3 is 25.6 Å². The molecule has 7 aliphatic rings. The van der Waals surface area contributed by atoms with Crippen LogP contribution in [0, 0.1) is 11.3 Å². The van der Waals surface area contributed by atoms with Crippen molar-refractivity contribution in [3.63, 3.8) is 0 Å². The summed E-state index contributed by atoms with van der Waals surface area (Å²) in [5.41, 5.74) is 1.05. The Morgan fingerprint density at radius 2 is 1.76 bits per heavy atom. The van der Waals surface area contributed by atoms with Gasteiger partial charge in [0.25, 0.3) is 0 Å². The van der Waals surface area contributed by atoms with E-state index in [2.05, 4.69) is 63.2 Å². The maximum atomic E-state index is 15.2. The summed E-state index contributed by atoms with van der Waals surface area (Å²) in [7, 11) is 3.38. The number of nitrogens with zero attached hydrogens (tertiary/aromatic N) is 4. The first-order chi connectivity index (χ1) is 34.1. The van der Waals surface area contributed by atoms with Crippen LogP contribution < -0.4 is 14.7 Å². The molecule has 2 saturated heterocycles. The lowest BCUT2D eigenvalue weighted by atomic mass is 9.47. The number of H-pyrrole nitrogens is 1. The number of likely N-dealkylation sites (N-methyl/N-ethyl adjacent to an activating group) is 1. The Bertz CT molecular complexity index is 2650. The van der Waals surface area contributed by atoms with Crippen LogP contribution >= 0.6 is 30.9 Å². The van der Waals surface area contributed by atoms with Crippen molar-refractivity contribution in [2.45, 2.75) is 94.0 Å². The number of carbonyl (C=O) groups is 3. The Morgan fingerprint density at radius 3 is 2.41 bits per heavy atom. The Kier molecular flexibility index (Phi) is 14.7. The van der Waals surface area contributed by atoms with Crippen molar-refractivity contribution in [3.8, 4) is 5.75 Å². The van der Waals surface area contributed by atoms with Gasteiger partial charge in [-0.15, -0.1) is 23.2 Å². The number of nitrogens with one attached hydrogen (secondary N) is 2. The molecule has 1 aromatic heterocycles. The number of aromatic nitrogens is 1. The number of methoxy groups -OCH3 is 3. The lowest BCUT2D eigenvalue weighted by molar-refractivity contribution is -0.228. The van der Waals surface area contributed by atoms with Crippen LogP contribution in [0.2, 0.25) is 0 Å². The lowest BCUT2D eigenvalue weighted by Crippen LogP contribution is -2.81. The second kappa shape index (κ2) is 20.0. The molecule has 7 heterocycles. The molecule has 1 unspecified atom stereocenters. The number of rotatable bonds is 12. The van der Waals surface area contributed by atoms with Crippen LogP contribution in [0.5, 0.6) is 5.75 Å². The second-order valence-corrected chi connectivity index (χ2v) is 23.1. The third-order valence-electron chi connectivity index (χ3n) is 16.7. The highest BCUT2D eigenvalue weighted by atomic mass is 35.5. The summed E-state index contributed by atoms with van der Waals surface area (Å²) < 4.78 is 43.1. The molecule has 3 N–H and O–H groups in total. The number of ether oxygens (including phenoxy) is 4. The molecule has 0 amide bonds. The summed E-state index contributed by atoms with van der Waals surface area (Å²) in [6, 6.07) is 11.2. The maximum Gasteiger partial charge on any atom is 0.344 e. The number of fused-ring (bicyclic) bond motifs is 6. The number of hydrogen-bond acceptors (Lipinski definition) is 13. The Balaban J connectivity index is 0.000000386. The highest BCUT2D eigenvalue weighted by Gasteiger charge is 2.80. The fraction of sp³-hybridized carbons (Fsp3) is 0.596. The lowest BCUT2D eigenvalue weighted by Gasteiger charge is -2.63. The van der Waals surface area contributed by atoms with Gasteiger partial charge in [0, 0.05) is 122 Å². The number of halogens is 2. The summed E-state index contributed by atoms with van der Waals surface area (Å²) in [4.78, 5) is 53.1. The Labute approximate surface area is 426 Å². The van der Waals surface area contributed by atoms with Gasteiger partial charge < -0.3 is 38.5 Å². The number of aliphatic hydroxyl groups is 1. The molecular weight excluding hydrogens is 970 g/mol. The third-order valence-corrected chi connectivity index (χ3v) is 19.4. The molecule has 6 aliphatic heterocycles. The van der Waals surface area contributed by atoms with Crippen molar-refractivity contribution in [1.82, 2.24) is 24.5 Å². The van der Waals surface area contributed by atoms with Crippen LogP contribution in [0.25, 0.3) is 10.9 Å². The highest BCUT2D eigenvalue weighted by molar-refractivity contribution is 7.54. The average Bonchev–Trinajstić information content (AvgIpc) is 4.03. The fourth-order valence-electron chi connectivity index (χ4n) is 14.1. The van der Waals surface area contributed by atoms with Crippen molar-refractivity contribution in [2.75, 3.05) is 97.5 Å². The van der Waals surface area contributed by atoms with Crippen LogP contribution in [-0.2, 0) is 55.1 Å². The van der Waals surface area contributed by atoms with Crippen LogP contribution in [-0.4, -0.2) is 159 Å². The van der Waals surface area contributed by atoms with Gasteiger partial charge in [0.2, 0.25) is 5.60 Å². The van der Waals surface area contributed by atoms with Crippen LogP contribution in [0.1, 0.15) is 75.3 Å². The van der Waals surface area contributed by atoms with Crippen molar-refractivity contribution in [1.29, 1.82) is 0 Å². The van der Waals surface area contributed by atoms with E-state index < -0.39 is 53.6 Å². The molecule has 1 aliphatic carbocycles. The first-order valence-electron chi connectivity index (χ1n) is 24.9. The summed E-state index contributed by atoms with van der Waals surface area (Å²) >= 11 is 11.2. The minimum atomic E-state index is -2.84. The number of esters is 3. The molecule has 2 aromatic carbocycles. The van der Waals surface area contributed by atoms with E-state index in [0.717, 1.165) is 65.9 Å². The van der Waals surface area contributed by atoms with Crippen molar-refractivity contribution in [2.24, 2.45) is 11.3 Å². The molecule has 19 heteroatoms. The Morgan fingerprint density at radius 1 is 1.01 bits per heavy atom. The predicted molar refractivity (Wildman–Crippen MR) is 273 cm³/mol. The van der Waals surface area contributed by atoms with E-state index in [1.54, 1.807) is 11.8 Å². The molecule has 3 aromatic rings. The number of hydrogen-bond donors (Lipinski definition) is 3. The maximum absolute atomic E-state index is 15.2. The SMILES string of the molecule is CCC1=C[C@@H]2C[N@](C1)Cc1c([nH]c3ccccc13)[C@@](C(=O)OC)(c1cc3c(cc1OC)N(C)[C@H]1[C@@](O)(C(=O)OC)[C@H](OC(C)=O)[C@]4(CC)C=CCN5CC[C@]31[C@@H]54)C2.O=P1(N(CCCl)CCCl)NCCCO1. The first kappa shape index (κ1) is 51.9. The highest BCUT2D eigenvalue weighted by Crippen LogP contribution is 2.68. The standard InChI is InChI=1S/C45H54N4O8.C7H15Cl2N2O2P/c1-8-27-19-28-22-44(40(51)55-6,36-30(25-48(23-27)24-28)29-13-10-11-14-33(29)46-36)32-20-31-34(21-35(32)54-5)47(4)38-43(31)16-18-49-17-12-15-42(9-2,37(43)49)39(57-26(3)50)45(38,53)41(52)56-7;8-2-5-11(6-3-9)14(12)10-4-1-7-13-14/h10-15,19-21,28,37-39,46,53H,8-9,16-18,22-25H2,1-7H3;1-7H2,(H,10,12)/t28-,37-,38+,39+,42+,43+,44-,45-;/m0./s1. The molecule has 2 bridgehead atoms. The number of benzene rings is 2. The van der Waals surface area contributed by atoms with Crippen molar-refractivity contribution in [3.05, 3.63) is 82.6 Å². The predicted octanol–water partition coefficient (Wildman–Crippen LogP) is 6.64. The molecule has 16 nitrogen and oxygen atoms in total. The van der Waals surface area contributed by atoms with Gasteiger partial charge in [0.05, 0.1) is 34.0 Å². The monoisotopic (exact) mass is 1040 g/mol. The molecule has 3 fully saturated rings. The molecule has 1 spiro atoms. The van der Waals surface area contributed by atoms with Crippen molar-refractivity contribution >= 4 is 65.4 Å². The zero-order valence-corrected chi connectivity index (χ0v) is 44.3. The molecule has 0 radical (unpaired) electrons. The smallest absolute Gasteiger partial charge is 0.344 e. The van der Waals surface area contributed by atoms with Crippen LogP contribution in [0.4, 0.5) is 5.69 Å². The first-order valence-corrected chi connectivity index (χ1v) is 27.6. The number of aromatic amines is 1. The van der Waals surface area contributed by atoms with E-state index in [9.17, 15) is 19.3 Å². The molecular formula is C52H69Cl2N6O10P. The number of para-hydroxylation sites is 1. The zero-order valence-electron chi connectivity index (χ0n) is 41.9. The molecule has 10 rings (SSSR count). The summed E-state index contributed by atoms with van der Waals surface area (Å²) in [6.45, 7) is 11.5. The zero-order chi connectivity index (χ0) is 50.7. The van der Waals surface area contributed by atoms with Gasteiger partial charge in [-0.3, -0.25) is 24.0 Å². The summed E-state index contributed by atoms with van der Waals surface area (Å²) in [5.74, 6) is -0.466. The van der Waals surface area contributed by atoms with Crippen molar-refractivity contribution < 1.29 is 47.5 Å². The minimum absolute atomic E-state index is 0.0284. The Hall–Kier alpha value is -3.96. The fourth-order valence-corrected chi connectivity index (χ4v) is 16.8. The largest absolute Gasteiger partial charge is 0.496 e.